The monoisotopic (exact) mass is 264 g/mol. The van der Waals surface area contributed by atoms with Crippen LogP contribution in [-0.4, -0.2) is 31.6 Å². The van der Waals surface area contributed by atoms with Crippen molar-refractivity contribution in [1.29, 1.82) is 0 Å². The molecule has 0 heterocycles. The van der Waals surface area contributed by atoms with Gasteiger partial charge in [0.2, 0.25) is 0 Å². The van der Waals surface area contributed by atoms with Gasteiger partial charge in [-0.15, -0.1) is 0 Å². The molecule has 4 nitrogen and oxygen atoms in total. The molecule has 0 spiro atoms. The summed E-state index contributed by atoms with van der Waals surface area (Å²) in [7, 11) is 1.69. The van der Waals surface area contributed by atoms with Gasteiger partial charge in [-0.3, -0.25) is 9.59 Å². The van der Waals surface area contributed by atoms with Crippen molar-refractivity contribution in [1.82, 2.24) is 0 Å². The highest BCUT2D eigenvalue weighted by Gasteiger charge is 2.30. The average Bonchev–Trinajstić information content (AvgIpc) is 2.96. The van der Waals surface area contributed by atoms with E-state index < -0.39 is 0 Å². The molecule has 0 radical (unpaired) electrons. The van der Waals surface area contributed by atoms with Crippen LogP contribution in [-0.2, 0) is 19.1 Å². The third kappa shape index (κ3) is 3.32. The van der Waals surface area contributed by atoms with E-state index in [9.17, 15) is 9.59 Å². The van der Waals surface area contributed by atoms with E-state index in [2.05, 4.69) is 6.08 Å². The van der Waals surface area contributed by atoms with Gasteiger partial charge in [-0.1, -0.05) is 12.2 Å². The smallest absolute Gasteiger partial charge is 0.306 e. The van der Waals surface area contributed by atoms with E-state index in [1.54, 1.807) is 14.0 Å². The van der Waals surface area contributed by atoms with Crippen molar-refractivity contribution in [2.75, 3.05) is 13.7 Å². The Kier molecular flexibility index (Phi) is 4.53. The van der Waals surface area contributed by atoms with Crippen LogP contribution in [0.5, 0.6) is 0 Å². The van der Waals surface area contributed by atoms with Gasteiger partial charge in [0.1, 0.15) is 0 Å². The summed E-state index contributed by atoms with van der Waals surface area (Å²) in [5.41, 5.74) is 1.86. The van der Waals surface area contributed by atoms with Crippen LogP contribution < -0.4 is 0 Å². The van der Waals surface area contributed by atoms with Gasteiger partial charge in [0, 0.05) is 19.1 Å². The number of carbonyl (C=O) groups excluding carboxylic acids is 2. The zero-order valence-corrected chi connectivity index (χ0v) is 11.5. The van der Waals surface area contributed by atoms with Gasteiger partial charge in [0.25, 0.3) is 0 Å². The number of carbonyl (C=O) groups is 2. The zero-order valence-electron chi connectivity index (χ0n) is 11.5. The Morgan fingerprint density at radius 3 is 2.84 bits per heavy atom. The predicted octanol–water partition coefficient (Wildman–Crippen LogP) is 2.19. The van der Waals surface area contributed by atoms with Gasteiger partial charge in [0.05, 0.1) is 19.1 Å². The first kappa shape index (κ1) is 14.0. The first-order chi connectivity index (χ1) is 9.13. The topological polar surface area (TPSA) is 52.6 Å². The van der Waals surface area contributed by atoms with Gasteiger partial charge in [-0.05, 0) is 31.3 Å². The molecule has 0 N–H and O–H groups in total. The first-order valence-corrected chi connectivity index (χ1v) is 6.76. The number of hydrogen-bond donors (Lipinski definition) is 0. The molecule has 0 saturated carbocycles. The highest BCUT2D eigenvalue weighted by atomic mass is 16.5. The second-order valence-electron chi connectivity index (χ2n) is 5.00. The Balaban J connectivity index is 1.98. The van der Waals surface area contributed by atoms with E-state index >= 15 is 0 Å². The lowest BCUT2D eigenvalue weighted by Crippen LogP contribution is -2.09. The molecule has 104 valence electrons. The molecule has 0 saturated heterocycles. The Hall–Kier alpha value is -1.42. The maximum Gasteiger partial charge on any atom is 0.306 e. The molecule has 2 aliphatic rings. The molecule has 0 aromatic carbocycles. The van der Waals surface area contributed by atoms with Crippen molar-refractivity contribution < 1.29 is 19.1 Å². The molecule has 19 heavy (non-hydrogen) atoms. The van der Waals surface area contributed by atoms with E-state index in [1.165, 1.54) is 0 Å². The van der Waals surface area contributed by atoms with Crippen LogP contribution in [0.1, 0.15) is 32.6 Å². The number of esters is 1. The Morgan fingerprint density at radius 1 is 1.42 bits per heavy atom. The SMILES string of the molecule is CCOC(=O)C[C@H]1C=C(C2=CC[C@@H](OC)C2)C(=O)C1. The van der Waals surface area contributed by atoms with E-state index in [4.69, 9.17) is 9.47 Å². The fraction of sp³-hybridized carbons (Fsp3) is 0.600. The van der Waals surface area contributed by atoms with E-state index in [0.29, 0.717) is 19.4 Å². The number of methoxy groups -OCH3 is 1. The number of Topliss-reactive ketones (excluding diaryl/α,β-unsaturated/α-hetero) is 1. The summed E-state index contributed by atoms with van der Waals surface area (Å²) >= 11 is 0. The van der Waals surface area contributed by atoms with Gasteiger partial charge in [0.15, 0.2) is 5.78 Å². The maximum absolute atomic E-state index is 12.0. The summed E-state index contributed by atoms with van der Waals surface area (Å²) in [5.74, 6) is -0.102. The summed E-state index contributed by atoms with van der Waals surface area (Å²) in [6.07, 6.45) is 6.56. The van der Waals surface area contributed by atoms with E-state index in [1.807, 2.05) is 6.08 Å². The van der Waals surface area contributed by atoms with Crippen molar-refractivity contribution in [3.05, 3.63) is 23.3 Å². The molecule has 0 unspecified atom stereocenters. The van der Waals surface area contributed by atoms with Crippen LogP contribution in [0, 0.1) is 5.92 Å². The summed E-state index contributed by atoms with van der Waals surface area (Å²) in [5, 5.41) is 0. The van der Waals surface area contributed by atoms with E-state index in [0.717, 1.165) is 24.0 Å². The second kappa shape index (κ2) is 6.15. The van der Waals surface area contributed by atoms with Gasteiger partial charge >= 0.3 is 5.97 Å². The van der Waals surface area contributed by atoms with Crippen molar-refractivity contribution in [3.63, 3.8) is 0 Å². The molecule has 2 rings (SSSR count). The minimum absolute atomic E-state index is 0.0101. The molecule has 0 aromatic rings. The standard InChI is InChI=1S/C15H20O4/c1-3-19-15(17)8-10-6-13(14(16)7-10)11-4-5-12(9-11)18-2/h4,6,10,12H,3,5,7-9H2,1-2H3/t10-,12+/m0/s1. The minimum atomic E-state index is -0.229. The van der Waals surface area contributed by atoms with Crippen molar-refractivity contribution in [2.45, 2.75) is 38.7 Å². The van der Waals surface area contributed by atoms with Crippen LogP contribution in [0.2, 0.25) is 0 Å². The third-order valence-electron chi connectivity index (χ3n) is 3.64. The van der Waals surface area contributed by atoms with Gasteiger partial charge in [-0.2, -0.15) is 0 Å². The van der Waals surface area contributed by atoms with Crippen LogP contribution in [0.25, 0.3) is 0 Å². The number of hydrogen-bond acceptors (Lipinski definition) is 4. The first-order valence-electron chi connectivity index (χ1n) is 6.76. The Morgan fingerprint density at radius 2 is 2.21 bits per heavy atom. The van der Waals surface area contributed by atoms with Crippen molar-refractivity contribution >= 4 is 11.8 Å². The lowest BCUT2D eigenvalue weighted by molar-refractivity contribution is -0.143. The normalized spacial score (nSPS) is 26.3. The summed E-state index contributed by atoms with van der Waals surface area (Å²) < 4.78 is 10.2. The van der Waals surface area contributed by atoms with Crippen molar-refractivity contribution in [2.24, 2.45) is 5.92 Å². The minimum Gasteiger partial charge on any atom is -0.466 e. The second-order valence-corrected chi connectivity index (χ2v) is 5.00. The number of ketones is 1. The lowest BCUT2D eigenvalue weighted by Gasteiger charge is -2.07. The molecule has 0 aromatic heterocycles. The third-order valence-corrected chi connectivity index (χ3v) is 3.64. The molecular weight excluding hydrogens is 244 g/mol. The van der Waals surface area contributed by atoms with Crippen LogP contribution >= 0.6 is 0 Å². The summed E-state index contributed by atoms with van der Waals surface area (Å²) in [4.78, 5) is 23.4. The quantitative estimate of drug-likeness (QED) is 0.714. The Labute approximate surface area is 113 Å². The van der Waals surface area contributed by atoms with Gasteiger partial charge in [-0.25, -0.2) is 0 Å². The number of ether oxygens (including phenoxy) is 2. The summed E-state index contributed by atoms with van der Waals surface area (Å²) in [6.45, 7) is 2.17. The molecular formula is C15H20O4. The van der Waals surface area contributed by atoms with Crippen LogP contribution in [0.15, 0.2) is 23.3 Å². The van der Waals surface area contributed by atoms with Crippen LogP contribution in [0.3, 0.4) is 0 Å². The van der Waals surface area contributed by atoms with Gasteiger partial charge < -0.3 is 9.47 Å². The number of rotatable bonds is 5. The molecule has 4 heteroatoms. The largest absolute Gasteiger partial charge is 0.466 e. The van der Waals surface area contributed by atoms with Crippen molar-refractivity contribution in [3.8, 4) is 0 Å². The molecule has 0 aliphatic heterocycles. The average molecular weight is 264 g/mol. The molecule has 2 aliphatic carbocycles. The molecule has 0 bridgehead atoms. The predicted molar refractivity (Wildman–Crippen MR) is 70.6 cm³/mol. The highest BCUT2D eigenvalue weighted by Crippen LogP contribution is 2.34. The lowest BCUT2D eigenvalue weighted by atomic mass is 10.0. The van der Waals surface area contributed by atoms with E-state index in [-0.39, 0.29) is 23.8 Å². The number of allylic oxidation sites excluding steroid dienone is 2. The highest BCUT2D eigenvalue weighted by molar-refractivity contribution is 6.02. The van der Waals surface area contributed by atoms with Crippen LogP contribution in [0.4, 0.5) is 0 Å². The fourth-order valence-electron chi connectivity index (χ4n) is 2.67. The fourth-order valence-corrected chi connectivity index (χ4v) is 2.67. The molecule has 0 fully saturated rings. The zero-order chi connectivity index (χ0) is 13.8. The summed E-state index contributed by atoms with van der Waals surface area (Å²) in [6, 6.07) is 0. The Bertz CT molecular complexity index is 433. The molecule has 2 atom stereocenters. The maximum atomic E-state index is 12.0. The molecule has 0 amide bonds.